The van der Waals surface area contributed by atoms with Crippen LogP contribution >= 0.6 is 0 Å². The van der Waals surface area contributed by atoms with Crippen molar-refractivity contribution in [3.8, 4) is 0 Å². The number of nitrogens with one attached hydrogen (secondary N) is 1. The first-order valence-electron chi connectivity index (χ1n) is 9.17. The van der Waals surface area contributed by atoms with E-state index in [1.54, 1.807) is 6.07 Å². The molecule has 1 unspecified atom stereocenters. The fourth-order valence-electron chi connectivity index (χ4n) is 3.94. The first-order valence-corrected chi connectivity index (χ1v) is 9.17. The number of nitrogens with zero attached hydrogens (tertiary/aromatic N) is 3. The van der Waals surface area contributed by atoms with E-state index in [-0.39, 0.29) is 6.04 Å². The summed E-state index contributed by atoms with van der Waals surface area (Å²) in [5.41, 5.74) is 7.84. The van der Waals surface area contributed by atoms with Gasteiger partial charge in [-0.1, -0.05) is 36.4 Å². The molecule has 3 N–H and O–H groups in total. The molecule has 4 rings (SSSR count). The highest BCUT2D eigenvalue weighted by atomic mass is 16.1. The van der Waals surface area contributed by atoms with Crippen LogP contribution in [0.1, 0.15) is 28.3 Å². The van der Waals surface area contributed by atoms with Crippen LogP contribution in [-0.2, 0) is 0 Å². The molecule has 138 valence electrons. The van der Waals surface area contributed by atoms with Crippen molar-refractivity contribution in [2.75, 3.05) is 25.5 Å². The second-order valence-electron chi connectivity index (χ2n) is 7.11. The molecule has 0 aliphatic carbocycles. The van der Waals surface area contributed by atoms with Gasteiger partial charge in [0.1, 0.15) is 12.1 Å². The van der Waals surface area contributed by atoms with E-state index in [2.05, 4.69) is 51.5 Å². The number of rotatable bonds is 4. The molecule has 6 nitrogen and oxygen atoms in total. The van der Waals surface area contributed by atoms with Gasteiger partial charge in [0.15, 0.2) is 0 Å². The largest absolute Gasteiger partial charge is 0.366 e. The Morgan fingerprint density at radius 1 is 1.15 bits per heavy atom. The summed E-state index contributed by atoms with van der Waals surface area (Å²) in [6.45, 7) is 1.98. The highest BCUT2D eigenvalue weighted by molar-refractivity contribution is 6.06. The SMILES string of the molecule is CN1CC[C@H](c2ccccc2)C(Nc2ncnc3c(C(N)=O)cccc23)C1. The molecule has 6 heteroatoms. The molecule has 1 fully saturated rings. The summed E-state index contributed by atoms with van der Waals surface area (Å²) in [6.07, 6.45) is 2.56. The lowest BCUT2D eigenvalue weighted by molar-refractivity contribution is 0.100. The number of anilines is 1. The average Bonchev–Trinajstić information content (AvgIpc) is 2.68. The third-order valence-corrected chi connectivity index (χ3v) is 5.30. The topological polar surface area (TPSA) is 84.1 Å². The molecule has 2 aromatic carbocycles. The van der Waals surface area contributed by atoms with Crippen molar-refractivity contribution in [3.63, 3.8) is 0 Å². The van der Waals surface area contributed by atoms with Gasteiger partial charge in [0, 0.05) is 23.9 Å². The molecule has 0 bridgehead atoms. The number of benzene rings is 2. The molecular weight excluding hydrogens is 338 g/mol. The fraction of sp³-hybridized carbons (Fsp3) is 0.286. The summed E-state index contributed by atoms with van der Waals surface area (Å²) >= 11 is 0. The Hall–Kier alpha value is -2.99. The lowest BCUT2D eigenvalue weighted by Gasteiger charge is -2.38. The average molecular weight is 361 g/mol. The monoisotopic (exact) mass is 361 g/mol. The van der Waals surface area contributed by atoms with Crippen LogP contribution in [0, 0.1) is 0 Å². The number of likely N-dealkylation sites (tertiary alicyclic amines) is 1. The van der Waals surface area contributed by atoms with Gasteiger partial charge < -0.3 is 16.0 Å². The summed E-state index contributed by atoms with van der Waals surface area (Å²) in [7, 11) is 2.14. The standard InChI is InChI=1S/C21H23N5O/c1-26-11-10-15(14-6-3-2-4-7-14)18(12-26)25-21-17-9-5-8-16(20(22)27)19(17)23-13-24-21/h2-9,13,15,18H,10-12H2,1H3,(H2,22,27)(H,23,24,25)/t15-,18?/m1/s1. The highest BCUT2D eigenvalue weighted by Gasteiger charge is 2.29. The summed E-state index contributed by atoms with van der Waals surface area (Å²) in [5.74, 6) is 0.654. The van der Waals surface area contributed by atoms with Crippen molar-refractivity contribution in [2.24, 2.45) is 5.73 Å². The van der Waals surface area contributed by atoms with Gasteiger partial charge in [-0.15, -0.1) is 0 Å². The number of aromatic nitrogens is 2. The lowest BCUT2D eigenvalue weighted by atomic mass is 9.85. The van der Waals surface area contributed by atoms with Crippen LogP contribution in [-0.4, -0.2) is 47.0 Å². The van der Waals surface area contributed by atoms with Gasteiger partial charge in [0.25, 0.3) is 5.91 Å². The molecule has 3 aromatic rings. The van der Waals surface area contributed by atoms with Gasteiger partial charge in [0.05, 0.1) is 11.1 Å². The quantitative estimate of drug-likeness (QED) is 0.746. The maximum Gasteiger partial charge on any atom is 0.250 e. The Bertz CT molecular complexity index is 959. The van der Waals surface area contributed by atoms with Gasteiger partial charge in [0.2, 0.25) is 0 Å². The Morgan fingerprint density at radius 2 is 1.96 bits per heavy atom. The van der Waals surface area contributed by atoms with Crippen molar-refractivity contribution in [1.29, 1.82) is 0 Å². The predicted octanol–water partition coefficient (Wildman–Crippen LogP) is 2.63. The zero-order valence-corrected chi connectivity index (χ0v) is 15.3. The van der Waals surface area contributed by atoms with Crippen LogP contribution < -0.4 is 11.1 Å². The second-order valence-corrected chi connectivity index (χ2v) is 7.11. The number of carbonyl (C=O) groups is 1. The van der Waals surface area contributed by atoms with Crippen LogP contribution in [0.3, 0.4) is 0 Å². The summed E-state index contributed by atoms with van der Waals surface area (Å²) < 4.78 is 0. The number of fused-ring (bicyclic) bond motifs is 1. The number of likely N-dealkylation sites (N-methyl/N-ethyl adjacent to an activating group) is 1. The molecule has 0 spiro atoms. The first-order chi connectivity index (χ1) is 13.1. The molecule has 1 saturated heterocycles. The van der Waals surface area contributed by atoms with Crippen molar-refractivity contribution in [3.05, 3.63) is 66.0 Å². The number of para-hydroxylation sites is 1. The zero-order valence-electron chi connectivity index (χ0n) is 15.3. The molecule has 1 aliphatic heterocycles. The maximum absolute atomic E-state index is 11.7. The smallest absolute Gasteiger partial charge is 0.250 e. The molecule has 0 saturated carbocycles. The van der Waals surface area contributed by atoms with Gasteiger partial charge in [-0.3, -0.25) is 4.79 Å². The fourth-order valence-corrected chi connectivity index (χ4v) is 3.94. The third kappa shape index (κ3) is 3.48. The Labute approximate surface area is 158 Å². The van der Waals surface area contributed by atoms with Gasteiger partial charge in [-0.25, -0.2) is 9.97 Å². The number of hydrogen-bond donors (Lipinski definition) is 2. The van der Waals surface area contributed by atoms with E-state index in [0.29, 0.717) is 17.0 Å². The zero-order chi connectivity index (χ0) is 18.8. The van der Waals surface area contributed by atoms with Gasteiger partial charge in [-0.05, 0) is 37.7 Å². The number of amides is 1. The van der Waals surface area contributed by atoms with E-state index < -0.39 is 5.91 Å². The van der Waals surface area contributed by atoms with Crippen molar-refractivity contribution < 1.29 is 4.79 Å². The summed E-state index contributed by atoms with van der Waals surface area (Å²) in [5, 5.41) is 4.44. The molecule has 27 heavy (non-hydrogen) atoms. The predicted molar refractivity (Wildman–Crippen MR) is 107 cm³/mol. The van der Waals surface area contributed by atoms with E-state index in [1.807, 2.05) is 18.2 Å². The number of hydrogen-bond acceptors (Lipinski definition) is 5. The maximum atomic E-state index is 11.7. The van der Waals surface area contributed by atoms with Crippen LogP contribution in [0.15, 0.2) is 54.9 Å². The van der Waals surface area contributed by atoms with E-state index in [1.165, 1.54) is 11.9 Å². The molecule has 2 heterocycles. The van der Waals surface area contributed by atoms with E-state index in [0.717, 1.165) is 30.7 Å². The number of primary amides is 1. The van der Waals surface area contributed by atoms with Gasteiger partial charge >= 0.3 is 0 Å². The molecule has 1 amide bonds. The minimum Gasteiger partial charge on any atom is -0.366 e. The number of piperidine rings is 1. The van der Waals surface area contributed by atoms with Crippen molar-refractivity contribution in [1.82, 2.24) is 14.9 Å². The molecular formula is C21H23N5O. The first kappa shape index (κ1) is 17.4. The van der Waals surface area contributed by atoms with E-state index in [9.17, 15) is 4.79 Å². The highest BCUT2D eigenvalue weighted by Crippen LogP contribution is 2.31. The minimum absolute atomic E-state index is 0.210. The minimum atomic E-state index is -0.482. The van der Waals surface area contributed by atoms with Crippen LogP contribution in [0.25, 0.3) is 10.9 Å². The van der Waals surface area contributed by atoms with E-state index in [4.69, 9.17) is 5.73 Å². The van der Waals surface area contributed by atoms with Crippen molar-refractivity contribution in [2.45, 2.75) is 18.4 Å². The second kappa shape index (κ2) is 7.32. The Balaban J connectivity index is 1.71. The summed E-state index contributed by atoms with van der Waals surface area (Å²) in [6, 6.07) is 16.2. The lowest BCUT2D eigenvalue weighted by Crippen LogP contribution is -2.45. The third-order valence-electron chi connectivity index (χ3n) is 5.30. The van der Waals surface area contributed by atoms with Crippen molar-refractivity contribution >= 4 is 22.6 Å². The Morgan fingerprint density at radius 3 is 2.74 bits per heavy atom. The normalized spacial score (nSPS) is 20.5. The molecule has 1 aromatic heterocycles. The van der Waals surface area contributed by atoms with Crippen LogP contribution in [0.4, 0.5) is 5.82 Å². The number of carbonyl (C=O) groups excluding carboxylic acids is 1. The van der Waals surface area contributed by atoms with Gasteiger partial charge in [-0.2, -0.15) is 0 Å². The summed E-state index contributed by atoms with van der Waals surface area (Å²) in [4.78, 5) is 22.8. The Kier molecular flexibility index (Phi) is 4.73. The molecule has 1 aliphatic rings. The van der Waals surface area contributed by atoms with Crippen LogP contribution in [0.2, 0.25) is 0 Å². The van der Waals surface area contributed by atoms with E-state index >= 15 is 0 Å². The number of nitrogens with two attached hydrogens (primary N) is 1. The molecule has 0 radical (unpaired) electrons. The molecule has 2 atom stereocenters. The van der Waals surface area contributed by atoms with Crippen LogP contribution in [0.5, 0.6) is 0 Å².